The molecule has 4 heteroatoms. The lowest BCUT2D eigenvalue weighted by atomic mass is 10.1. The first-order chi connectivity index (χ1) is 8.65. The van der Waals surface area contributed by atoms with Crippen molar-refractivity contribution in [3.05, 3.63) is 41.6 Å². The van der Waals surface area contributed by atoms with Crippen LogP contribution in [-0.2, 0) is 4.74 Å². The van der Waals surface area contributed by atoms with Crippen molar-refractivity contribution < 1.29 is 14.6 Å². The van der Waals surface area contributed by atoms with Gasteiger partial charge in [-0.2, -0.15) is 0 Å². The van der Waals surface area contributed by atoms with E-state index in [4.69, 9.17) is 4.74 Å². The minimum absolute atomic E-state index is 0.0488. The average molecular weight is 245 g/mol. The summed E-state index contributed by atoms with van der Waals surface area (Å²) in [6.07, 6.45) is 0. The van der Waals surface area contributed by atoms with E-state index in [1.54, 1.807) is 13.8 Å². The third kappa shape index (κ3) is 2.09. The first kappa shape index (κ1) is 12.2. The molecule has 0 atom stereocenters. The molecule has 1 aromatic carbocycles. The van der Waals surface area contributed by atoms with Crippen molar-refractivity contribution >= 4 is 5.97 Å². The molecule has 0 aliphatic rings. The third-order valence-electron chi connectivity index (χ3n) is 2.76. The summed E-state index contributed by atoms with van der Waals surface area (Å²) < 4.78 is 4.88. The van der Waals surface area contributed by atoms with E-state index >= 15 is 0 Å². The number of benzene rings is 1. The van der Waals surface area contributed by atoms with Gasteiger partial charge < -0.3 is 14.8 Å². The van der Waals surface area contributed by atoms with Gasteiger partial charge in [-0.15, -0.1) is 0 Å². The maximum Gasteiger partial charge on any atom is 0.358 e. The van der Waals surface area contributed by atoms with Gasteiger partial charge in [0.15, 0.2) is 11.4 Å². The number of carbonyl (C=O) groups excluding carboxylic acids is 1. The van der Waals surface area contributed by atoms with Gasteiger partial charge in [0.05, 0.1) is 12.3 Å². The quantitative estimate of drug-likeness (QED) is 0.817. The third-order valence-corrected chi connectivity index (χ3v) is 2.76. The zero-order valence-electron chi connectivity index (χ0n) is 10.4. The number of aromatic amines is 1. The first-order valence-corrected chi connectivity index (χ1v) is 5.79. The number of H-pyrrole nitrogens is 1. The van der Waals surface area contributed by atoms with Gasteiger partial charge in [-0.05, 0) is 19.4 Å². The highest BCUT2D eigenvalue weighted by atomic mass is 16.5. The normalized spacial score (nSPS) is 10.3. The molecule has 18 heavy (non-hydrogen) atoms. The second kappa shape index (κ2) is 4.96. The van der Waals surface area contributed by atoms with E-state index < -0.39 is 5.97 Å². The van der Waals surface area contributed by atoms with Crippen molar-refractivity contribution in [1.29, 1.82) is 0 Å². The summed E-state index contributed by atoms with van der Waals surface area (Å²) in [5.41, 5.74) is 2.40. The SMILES string of the molecule is CCOC(=O)c1[nH]c(-c2ccccc2)c(C)c1O. The van der Waals surface area contributed by atoms with Crippen LogP contribution in [0.1, 0.15) is 23.0 Å². The van der Waals surface area contributed by atoms with Crippen LogP contribution in [0.2, 0.25) is 0 Å². The zero-order valence-corrected chi connectivity index (χ0v) is 10.4. The summed E-state index contributed by atoms with van der Waals surface area (Å²) in [6.45, 7) is 3.76. The van der Waals surface area contributed by atoms with Crippen LogP contribution >= 0.6 is 0 Å². The highest BCUT2D eigenvalue weighted by molar-refractivity contribution is 5.93. The van der Waals surface area contributed by atoms with E-state index in [1.165, 1.54) is 0 Å². The van der Waals surface area contributed by atoms with Gasteiger partial charge in [0.1, 0.15) is 0 Å². The van der Waals surface area contributed by atoms with E-state index in [2.05, 4.69) is 4.98 Å². The Morgan fingerprint density at radius 1 is 1.33 bits per heavy atom. The van der Waals surface area contributed by atoms with Gasteiger partial charge in [0.2, 0.25) is 0 Å². The average Bonchev–Trinajstić information content (AvgIpc) is 2.68. The molecule has 0 fully saturated rings. The maximum atomic E-state index is 11.6. The predicted octanol–water partition coefficient (Wildman–Crippen LogP) is 2.87. The molecular weight excluding hydrogens is 230 g/mol. The van der Waals surface area contributed by atoms with Crippen molar-refractivity contribution in [2.75, 3.05) is 6.61 Å². The molecule has 4 nitrogen and oxygen atoms in total. The summed E-state index contributed by atoms with van der Waals surface area (Å²) in [4.78, 5) is 14.6. The molecule has 94 valence electrons. The molecule has 2 N–H and O–H groups in total. The van der Waals surface area contributed by atoms with Gasteiger partial charge >= 0.3 is 5.97 Å². The molecule has 1 heterocycles. The first-order valence-electron chi connectivity index (χ1n) is 5.79. The number of rotatable bonds is 3. The highest BCUT2D eigenvalue weighted by Crippen LogP contribution is 2.32. The monoisotopic (exact) mass is 245 g/mol. The van der Waals surface area contributed by atoms with E-state index in [0.29, 0.717) is 5.56 Å². The standard InChI is InChI=1S/C14H15NO3/c1-3-18-14(17)12-13(16)9(2)11(15-12)10-7-5-4-6-8-10/h4-8,15-16H,3H2,1-2H3. The zero-order chi connectivity index (χ0) is 13.1. The van der Waals surface area contributed by atoms with Gasteiger partial charge in [0, 0.05) is 5.56 Å². The molecule has 0 amide bonds. The Labute approximate surface area is 105 Å². The Morgan fingerprint density at radius 2 is 2.00 bits per heavy atom. The molecular formula is C14H15NO3. The fourth-order valence-electron chi connectivity index (χ4n) is 1.83. The Hall–Kier alpha value is -2.23. The fraction of sp³-hybridized carbons (Fsp3) is 0.214. The van der Waals surface area contributed by atoms with Crippen molar-refractivity contribution in [3.8, 4) is 17.0 Å². The summed E-state index contributed by atoms with van der Waals surface area (Å²) >= 11 is 0. The minimum atomic E-state index is -0.541. The Morgan fingerprint density at radius 3 is 2.61 bits per heavy atom. The van der Waals surface area contributed by atoms with Crippen LogP contribution in [0, 0.1) is 6.92 Å². The van der Waals surface area contributed by atoms with E-state index in [9.17, 15) is 9.90 Å². The van der Waals surface area contributed by atoms with Gasteiger partial charge in [-0.25, -0.2) is 4.79 Å². The summed E-state index contributed by atoms with van der Waals surface area (Å²) in [7, 11) is 0. The van der Waals surface area contributed by atoms with Crippen LogP contribution in [0.5, 0.6) is 5.75 Å². The lowest BCUT2D eigenvalue weighted by Gasteiger charge is -1.99. The molecule has 0 unspecified atom stereocenters. The highest BCUT2D eigenvalue weighted by Gasteiger charge is 2.20. The van der Waals surface area contributed by atoms with Crippen LogP contribution in [0.15, 0.2) is 30.3 Å². The number of hydrogen-bond donors (Lipinski definition) is 2. The summed E-state index contributed by atoms with van der Waals surface area (Å²) in [5.74, 6) is -0.590. The van der Waals surface area contributed by atoms with E-state index in [0.717, 1.165) is 11.3 Å². The van der Waals surface area contributed by atoms with Gasteiger partial charge in [-0.1, -0.05) is 30.3 Å². The van der Waals surface area contributed by atoms with Gasteiger partial charge in [-0.3, -0.25) is 0 Å². The smallest absolute Gasteiger partial charge is 0.358 e. The van der Waals surface area contributed by atoms with Crippen LogP contribution in [-0.4, -0.2) is 22.7 Å². The molecule has 0 aliphatic carbocycles. The van der Waals surface area contributed by atoms with E-state index in [-0.39, 0.29) is 18.1 Å². The molecule has 0 saturated carbocycles. The molecule has 0 radical (unpaired) electrons. The number of ether oxygens (including phenoxy) is 1. The molecule has 0 saturated heterocycles. The van der Waals surface area contributed by atoms with Crippen LogP contribution < -0.4 is 0 Å². The largest absolute Gasteiger partial charge is 0.505 e. The van der Waals surface area contributed by atoms with Crippen molar-refractivity contribution in [2.45, 2.75) is 13.8 Å². The van der Waals surface area contributed by atoms with Crippen LogP contribution in [0.4, 0.5) is 0 Å². The lowest BCUT2D eigenvalue weighted by molar-refractivity contribution is 0.0517. The number of aromatic nitrogens is 1. The van der Waals surface area contributed by atoms with Crippen molar-refractivity contribution in [1.82, 2.24) is 4.98 Å². The van der Waals surface area contributed by atoms with Crippen molar-refractivity contribution in [3.63, 3.8) is 0 Å². The van der Waals surface area contributed by atoms with Crippen LogP contribution in [0.25, 0.3) is 11.3 Å². The maximum absolute atomic E-state index is 11.6. The number of aromatic hydroxyl groups is 1. The summed E-state index contributed by atoms with van der Waals surface area (Å²) in [6, 6.07) is 9.53. The second-order valence-corrected chi connectivity index (χ2v) is 3.94. The van der Waals surface area contributed by atoms with Crippen molar-refractivity contribution in [2.24, 2.45) is 0 Å². The van der Waals surface area contributed by atoms with Crippen LogP contribution in [0.3, 0.4) is 0 Å². The fourth-order valence-corrected chi connectivity index (χ4v) is 1.83. The molecule has 0 aliphatic heterocycles. The lowest BCUT2D eigenvalue weighted by Crippen LogP contribution is -2.05. The number of esters is 1. The number of nitrogens with one attached hydrogen (secondary N) is 1. The molecule has 2 aromatic rings. The molecule has 1 aromatic heterocycles. The Kier molecular flexibility index (Phi) is 3.37. The number of hydrogen-bond acceptors (Lipinski definition) is 3. The minimum Gasteiger partial charge on any atom is -0.505 e. The summed E-state index contributed by atoms with van der Waals surface area (Å²) in [5, 5.41) is 9.94. The number of carbonyl (C=O) groups is 1. The van der Waals surface area contributed by atoms with E-state index in [1.807, 2.05) is 30.3 Å². The Bertz CT molecular complexity index is 558. The predicted molar refractivity (Wildman–Crippen MR) is 68.6 cm³/mol. The van der Waals surface area contributed by atoms with Gasteiger partial charge in [0.25, 0.3) is 0 Å². The Balaban J connectivity index is 2.46. The second-order valence-electron chi connectivity index (χ2n) is 3.94. The molecule has 0 spiro atoms. The topological polar surface area (TPSA) is 62.3 Å². The molecule has 0 bridgehead atoms. The molecule has 2 rings (SSSR count).